The van der Waals surface area contributed by atoms with Gasteiger partial charge in [-0.2, -0.15) is 0 Å². The summed E-state index contributed by atoms with van der Waals surface area (Å²) in [4.78, 5) is 23.2. The van der Waals surface area contributed by atoms with E-state index in [2.05, 4.69) is 15.3 Å². The van der Waals surface area contributed by atoms with Crippen LogP contribution in [0.25, 0.3) is 0 Å². The predicted octanol–water partition coefficient (Wildman–Crippen LogP) is 3.97. The van der Waals surface area contributed by atoms with Gasteiger partial charge < -0.3 is 19.7 Å². The Balaban J connectivity index is 1.55. The van der Waals surface area contributed by atoms with Crippen molar-refractivity contribution in [2.24, 2.45) is 0 Å². The van der Waals surface area contributed by atoms with E-state index in [1.54, 1.807) is 11.0 Å². The maximum Gasteiger partial charge on any atom is 0.277 e. The molecule has 2 aromatic carbocycles. The number of ether oxygens (including phenoxy) is 2. The number of aryl methyl sites for hydroxylation is 1. The second-order valence-corrected chi connectivity index (χ2v) is 6.66. The van der Waals surface area contributed by atoms with Crippen LogP contribution in [0, 0.1) is 6.92 Å². The molecule has 0 saturated heterocycles. The average Bonchev–Trinajstić information content (AvgIpc) is 2.74. The summed E-state index contributed by atoms with van der Waals surface area (Å²) in [7, 11) is 0. The lowest BCUT2D eigenvalue weighted by Gasteiger charge is -2.21. The molecule has 1 aromatic heterocycles. The minimum atomic E-state index is -0.175. The molecule has 0 spiro atoms. The first-order valence-corrected chi connectivity index (χ1v) is 9.51. The fourth-order valence-corrected chi connectivity index (χ4v) is 3.19. The fraction of sp³-hybridized carbons (Fsp3) is 0.227. The number of carbonyl (C=O) groups excluding carboxylic acids is 1. The summed E-state index contributed by atoms with van der Waals surface area (Å²) in [5.41, 5.74) is 3.05. The summed E-state index contributed by atoms with van der Waals surface area (Å²) in [6.07, 6.45) is 1.39. The molecule has 0 bridgehead atoms. The maximum atomic E-state index is 13.1. The SMILES string of the molecule is CCN(C(=O)c1cc(Nc2ccc3c(c2)OCCO3)ncn1)c1cccc(C)c1. The van der Waals surface area contributed by atoms with E-state index in [0.717, 1.165) is 22.7 Å². The van der Waals surface area contributed by atoms with Gasteiger partial charge >= 0.3 is 0 Å². The van der Waals surface area contributed by atoms with Gasteiger partial charge in [-0.15, -0.1) is 0 Å². The van der Waals surface area contributed by atoms with Crippen LogP contribution in [0.1, 0.15) is 23.0 Å². The largest absolute Gasteiger partial charge is 0.486 e. The minimum Gasteiger partial charge on any atom is -0.486 e. The van der Waals surface area contributed by atoms with E-state index >= 15 is 0 Å². The molecule has 1 aliphatic heterocycles. The standard InChI is InChI=1S/C22H22N4O3/c1-3-26(17-6-4-5-15(2)11-17)22(27)18-13-21(24-14-23-18)25-16-7-8-19-20(12-16)29-10-9-28-19/h4-8,11-14H,3,9-10H2,1-2H3,(H,23,24,25). The number of hydrogen-bond acceptors (Lipinski definition) is 6. The molecule has 7 heteroatoms. The molecule has 4 rings (SSSR count). The highest BCUT2D eigenvalue weighted by atomic mass is 16.6. The lowest BCUT2D eigenvalue weighted by Crippen LogP contribution is -2.31. The average molecular weight is 390 g/mol. The van der Waals surface area contributed by atoms with Crippen molar-refractivity contribution in [3.63, 3.8) is 0 Å². The Kier molecular flexibility index (Phi) is 5.29. The molecular formula is C22H22N4O3. The van der Waals surface area contributed by atoms with Crippen LogP contribution in [0.3, 0.4) is 0 Å². The molecule has 0 radical (unpaired) electrons. The molecule has 3 aromatic rings. The van der Waals surface area contributed by atoms with Gasteiger partial charge in [0.1, 0.15) is 31.1 Å². The molecular weight excluding hydrogens is 368 g/mol. The van der Waals surface area contributed by atoms with E-state index in [-0.39, 0.29) is 5.91 Å². The zero-order valence-corrected chi connectivity index (χ0v) is 16.4. The van der Waals surface area contributed by atoms with Gasteiger partial charge in [0.05, 0.1) is 0 Å². The first-order chi connectivity index (χ1) is 14.1. The lowest BCUT2D eigenvalue weighted by atomic mass is 10.2. The lowest BCUT2D eigenvalue weighted by molar-refractivity contribution is 0.0983. The van der Waals surface area contributed by atoms with Crippen LogP contribution in [0.4, 0.5) is 17.2 Å². The number of aromatic nitrogens is 2. The number of rotatable bonds is 5. The Morgan fingerprint density at radius 1 is 1.07 bits per heavy atom. The smallest absolute Gasteiger partial charge is 0.277 e. The Morgan fingerprint density at radius 2 is 1.90 bits per heavy atom. The summed E-state index contributed by atoms with van der Waals surface area (Å²) >= 11 is 0. The molecule has 29 heavy (non-hydrogen) atoms. The van der Waals surface area contributed by atoms with Crippen LogP contribution in [0.15, 0.2) is 54.9 Å². The number of nitrogens with zero attached hydrogens (tertiary/aromatic N) is 3. The van der Waals surface area contributed by atoms with Gasteiger partial charge in [0.2, 0.25) is 0 Å². The Hall–Kier alpha value is -3.61. The van der Waals surface area contributed by atoms with Crippen molar-refractivity contribution in [2.45, 2.75) is 13.8 Å². The number of fused-ring (bicyclic) bond motifs is 1. The number of hydrogen-bond donors (Lipinski definition) is 1. The van der Waals surface area contributed by atoms with Crippen LogP contribution < -0.4 is 19.7 Å². The molecule has 1 N–H and O–H groups in total. The molecule has 1 aliphatic rings. The first-order valence-electron chi connectivity index (χ1n) is 9.51. The molecule has 1 amide bonds. The third kappa shape index (κ3) is 4.13. The van der Waals surface area contributed by atoms with Crippen molar-refractivity contribution >= 4 is 23.1 Å². The van der Waals surface area contributed by atoms with E-state index < -0.39 is 0 Å². The van der Waals surface area contributed by atoms with Gasteiger partial charge in [0, 0.05) is 30.1 Å². The van der Waals surface area contributed by atoms with Gasteiger partial charge in [0.25, 0.3) is 5.91 Å². The normalized spacial score (nSPS) is 12.3. The van der Waals surface area contributed by atoms with Gasteiger partial charge in [-0.3, -0.25) is 4.79 Å². The zero-order valence-electron chi connectivity index (χ0n) is 16.4. The van der Waals surface area contributed by atoms with E-state index in [9.17, 15) is 4.79 Å². The van der Waals surface area contributed by atoms with Crippen molar-refractivity contribution in [3.8, 4) is 11.5 Å². The second kappa shape index (κ2) is 8.18. The van der Waals surface area contributed by atoms with Gasteiger partial charge in [-0.25, -0.2) is 9.97 Å². The number of benzene rings is 2. The predicted molar refractivity (Wildman–Crippen MR) is 111 cm³/mol. The van der Waals surface area contributed by atoms with Crippen molar-refractivity contribution in [3.05, 3.63) is 66.1 Å². The van der Waals surface area contributed by atoms with Crippen LogP contribution in [0.5, 0.6) is 11.5 Å². The number of anilines is 3. The van der Waals surface area contributed by atoms with E-state index in [4.69, 9.17) is 9.47 Å². The number of amides is 1. The Bertz CT molecular complexity index is 1040. The van der Waals surface area contributed by atoms with Crippen LogP contribution in [-0.2, 0) is 0 Å². The fourth-order valence-electron chi connectivity index (χ4n) is 3.19. The van der Waals surface area contributed by atoms with E-state index in [1.165, 1.54) is 6.33 Å². The molecule has 7 nitrogen and oxygen atoms in total. The van der Waals surface area contributed by atoms with Crippen LogP contribution in [0.2, 0.25) is 0 Å². The van der Waals surface area contributed by atoms with Crippen molar-refractivity contribution in [1.29, 1.82) is 0 Å². The number of nitrogens with one attached hydrogen (secondary N) is 1. The van der Waals surface area contributed by atoms with Gasteiger partial charge in [-0.05, 0) is 43.7 Å². The first kappa shape index (κ1) is 18.7. The molecule has 148 valence electrons. The van der Waals surface area contributed by atoms with Crippen LogP contribution in [-0.4, -0.2) is 35.6 Å². The number of carbonyl (C=O) groups is 1. The van der Waals surface area contributed by atoms with E-state index in [1.807, 2.05) is 56.3 Å². The molecule has 0 fully saturated rings. The third-order valence-corrected chi connectivity index (χ3v) is 4.58. The second-order valence-electron chi connectivity index (χ2n) is 6.66. The molecule has 0 saturated carbocycles. The molecule has 0 aliphatic carbocycles. The molecule has 0 unspecified atom stereocenters. The highest BCUT2D eigenvalue weighted by Crippen LogP contribution is 2.33. The third-order valence-electron chi connectivity index (χ3n) is 4.58. The summed E-state index contributed by atoms with van der Waals surface area (Å²) < 4.78 is 11.1. The highest BCUT2D eigenvalue weighted by molar-refractivity contribution is 6.05. The quantitative estimate of drug-likeness (QED) is 0.710. The Labute approximate surface area is 169 Å². The summed E-state index contributed by atoms with van der Waals surface area (Å²) in [5, 5.41) is 3.20. The van der Waals surface area contributed by atoms with E-state index in [0.29, 0.717) is 37.0 Å². The summed E-state index contributed by atoms with van der Waals surface area (Å²) in [6.45, 7) is 5.55. The zero-order chi connectivity index (χ0) is 20.2. The van der Waals surface area contributed by atoms with Crippen molar-refractivity contribution in [1.82, 2.24) is 9.97 Å². The Morgan fingerprint density at radius 3 is 2.69 bits per heavy atom. The monoisotopic (exact) mass is 390 g/mol. The molecule has 0 atom stereocenters. The van der Waals surface area contributed by atoms with Gasteiger partial charge in [-0.1, -0.05) is 12.1 Å². The molecule has 2 heterocycles. The summed E-state index contributed by atoms with van der Waals surface area (Å²) in [6, 6.07) is 15.1. The topological polar surface area (TPSA) is 76.6 Å². The van der Waals surface area contributed by atoms with Crippen LogP contribution >= 0.6 is 0 Å². The minimum absolute atomic E-state index is 0.175. The van der Waals surface area contributed by atoms with Gasteiger partial charge in [0.15, 0.2) is 11.5 Å². The van der Waals surface area contributed by atoms with Crippen molar-refractivity contribution < 1.29 is 14.3 Å². The maximum absolute atomic E-state index is 13.1. The summed E-state index contributed by atoms with van der Waals surface area (Å²) in [5.74, 6) is 1.76. The highest BCUT2D eigenvalue weighted by Gasteiger charge is 2.18. The van der Waals surface area contributed by atoms with Crippen molar-refractivity contribution in [2.75, 3.05) is 30.0 Å².